The number of halogens is 1. The van der Waals surface area contributed by atoms with E-state index in [1.54, 1.807) is 12.1 Å². The molecule has 1 aromatic carbocycles. The molecule has 0 heterocycles. The van der Waals surface area contributed by atoms with Crippen LogP contribution in [0, 0.1) is 11.8 Å². The van der Waals surface area contributed by atoms with Crippen LogP contribution in [0.5, 0.6) is 0 Å². The van der Waals surface area contributed by atoms with Crippen LogP contribution in [-0.4, -0.2) is 45.8 Å². The van der Waals surface area contributed by atoms with Gasteiger partial charge in [-0.1, -0.05) is 6.42 Å². The van der Waals surface area contributed by atoms with Crippen LogP contribution in [0.4, 0.5) is 11.4 Å². The number of rotatable bonds is 7. The number of hydrogen-bond acceptors (Lipinski definition) is 5. The first-order valence-electron chi connectivity index (χ1n) is 8.62. The Balaban J connectivity index is 0.00000338. The molecule has 0 aromatic heterocycles. The monoisotopic (exact) mass is 404 g/mol. The molecule has 2 rings (SSSR count). The molecule has 1 aliphatic rings. The highest BCUT2D eigenvalue weighted by Crippen LogP contribution is 2.33. The van der Waals surface area contributed by atoms with Gasteiger partial charge in [0.15, 0.2) is 0 Å². The third-order valence-corrected chi connectivity index (χ3v) is 6.50. The fraction of sp³-hybridized carbons (Fsp3) is 0.588. The first-order valence-corrected chi connectivity index (χ1v) is 10.1. The van der Waals surface area contributed by atoms with Crippen molar-refractivity contribution < 1.29 is 13.2 Å². The third kappa shape index (κ3) is 4.88. The summed E-state index contributed by atoms with van der Waals surface area (Å²) < 4.78 is 25.9. The van der Waals surface area contributed by atoms with E-state index >= 15 is 0 Å². The molecule has 0 radical (unpaired) electrons. The van der Waals surface area contributed by atoms with Crippen LogP contribution in [0.2, 0.25) is 0 Å². The van der Waals surface area contributed by atoms with E-state index in [0.717, 1.165) is 23.6 Å². The Morgan fingerprint density at radius 1 is 1.27 bits per heavy atom. The molecule has 0 bridgehead atoms. The minimum atomic E-state index is -3.57. The molecule has 4 N–H and O–H groups in total. The number of hydrogen-bond donors (Lipinski definition) is 3. The maximum absolute atomic E-state index is 12.7. The van der Waals surface area contributed by atoms with Crippen LogP contribution >= 0.6 is 12.4 Å². The fourth-order valence-corrected chi connectivity index (χ4v) is 4.16. The molecule has 1 saturated carbocycles. The van der Waals surface area contributed by atoms with Gasteiger partial charge >= 0.3 is 0 Å². The Morgan fingerprint density at radius 3 is 2.54 bits per heavy atom. The van der Waals surface area contributed by atoms with Gasteiger partial charge in [-0.3, -0.25) is 4.79 Å². The normalized spacial score (nSPS) is 19.9. The van der Waals surface area contributed by atoms with E-state index < -0.39 is 10.0 Å². The van der Waals surface area contributed by atoms with Gasteiger partial charge in [0, 0.05) is 26.6 Å². The molecule has 148 valence electrons. The van der Waals surface area contributed by atoms with Crippen molar-refractivity contribution in [2.45, 2.75) is 31.1 Å². The number of carbonyl (C=O) groups is 1. The zero-order valence-electron chi connectivity index (χ0n) is 15.5. The molecule has 26 heavy (non-hydrogen) atoms. The minimum absolute atomic E-state index is 0. The predicted molar refractivity (Wildman–Crippen MR) is 107 cm³/mol. The Morgan fingerprint density at radius 2 is 1.96 bits per heavy atom. The van der Waals surface area contributed by atoms with Gasteiger partial charge in [-0.05, 0) is 50.4 Å². The molecule has 1 aromatic rings. The number of nitrogens with one attached hydrogen (secondary N) is 2. The fourth-order valence-electron chi connectivity index (χ4n) is 3.23. The maximum Gasteiger partial charge on any atom is 0.242 e. The highest BCUT2D eigenvalue weighted by Gasteiger charge is 2.32. The van der Waals surface area contributed by atoms with Crippen molar-refractivity contribution in [1.82, 2.24) is 4.31 Å². The van der Waals surface area contributed by atoms with Gasteiger partial charge in [0.05, 0.1) is 16.3 Å². The topological polar surface area (TPSA) is 105 Å². The average Bonchev–Trinajstić information content (AvgIpc) is 3.05. The summed E-state index contributed by atoms with van der Waals surface area (Å²) in [4.78, 5) is 12.8. The van der Waals surface area contributed by atoms with Crippen LogP contribution in [0.1, 0.15) is 26.2 Å². The Kier molecular flexibility index (Phi) is 8.33. The Hall–Kier alpha value is -1.35. The van der Waals surface area contributed by atoms with Gasteiger partial charge in [-0.2, -0.15) is 0 Å². The summed E-state index contributed by atoms with van der Waals surface area (Å²) in [5.74, 6) is -0.0173. The largest absolute Gasteiger partial charge is 0.384 e. The van der Waals surface area contributed by atoms with Crippen molar-refractivity contribution in [2.75, 3.05) is 37.8 Å². The molecule has 1 fully saturated rings. The van der Waals surface area contributed by atoms with Gasteiger partial charge in [0.2, 0.25) is 15.9 Å². The van der Waals surface area contributed by atoms with Crippen molar-refractivity contribution >= 4 is 39.7 Å². The lowest BCUT2D eigenvalue weighted by Crippen LogP contribution is -2.30. The van der Waals surface area contributed by atoms with Crippen LogP contribution in [0.25, 0.3) is 0 Å². The Bertz CT molecular complexity index is 725. The molecule has 0 spiro atoms. The average molecular weight is 405 g/mol. The van der Waals surface area contributed by atoms with Crippen molar-refractivity contribution in [2.24, 2.45) is 17.6 Å². The number of carbonyl (C=O) groups excluding carboxylic acids is 1. The van der Waals surface area contributed by atoms with Crippen LogP contribution in [0.3, 0.4) is 0 Å². The lowest BCUT2D eigenvalue weighted by atomic mass is 9.95. The van der Waals surface area contributed by atoms with Crippen molar-refractivity contribution in [3.05, 3.63) is 18.2 Å². The molecule has 1 aliphatic carbocycles. The van der Waals surface area contributed by atoms with E-state index in [0.29, 0.717) is 24.5 Å². The summed E-state index contributed by atoms with van der Waals surface area (Å²) >= 11 is 0. The van der Waals surface area contributed by atoms with Gasteiger partial charge < -0.3 is 16.4 Å². The van der Waals surface area contributed by atoms with E-state index in [9.17, 15) is 13.2 Å². The zero-order chi connectivity index (χ0) is 18.6. The first-order chi connectivity index (χ1) is 11.8. The maximum atomic E-state index is 12.7. The highest BCUT2D eigenvalue weighted by atomic mass is 35.5. The number of sulfonamides is 1. The van der Waals surface area contributed by atoms with E-state index in [-0.39, 0.29) is 35.0 Å². The second-order valence-corrected chi connectivity index (χ2v) is 8.70. The molecule has 2 atom stereocenters. The zero-order valence-corrected chi connectivity index (χ0v) is 17.1. The molecular formula is C17H29ClN4O3S. The smallest absolute Gasteiger partial charge is 0.242 e. The minimum Gasteiger partial charge on any atom is -0.384 e. The van der Waals surface area contributed by atoms with E-state index in [1.807, 2.05) is 6.92 Å². The van der Waals surface area contributed by atoms with Crippen molar-refractivity contribution in [3.8, 4) is 0 Å². The summed E-state index contributed by atoms with van der Waals surface area (Å²) in [5, 5.41) is 6.07. The lowest BCUT2D eigenvalue weighted by molar-refractivity contribution is -0.120. The quantitative estimate of drug-likeness (QED) is 0.645. The van der Waals surface area contributed by atoms with Gasteiger partial charge in [0.25, 0.3) is 0 Å². The molecule has 0 saturated heterocycles. The van der Waals surface area contributed by atoms with Crippen molar-refractivity contribution in [1.29, 1.82) is 0 Å². The van der Waals surface area contributed by atoms with E-state index in [2.05, 4.69) is 10.6 Å². The summed E-state index contributed by atoms with van der Waals surface area (Å²) in [6, 6.07) is 4.74. The number of nitrogens with zero attached hydrogens (tertiary/aromatic N) is 1. The van der Waals surface area contributed by atoms with E-state index in [1.165, 1.54) is 20.2 Å². The van der Waals surface area contributed by atoms with Gasteiger partial charge in [-0.25, -0.2) is 12.7 Å². The van der Waals surface area contributed by atoms with Crippen LogP contribution in [0.15, 0.2) is 23.1 Å². The SMILES string of the molecule is CCNc1ccc(S(=O)(=O)N(C)C)cc1NC(=O)[C@@H]1CCC[C@@H]1CN.Cl. The summed E-state index contributed by atoms with van der Waals surface area (Å²) in [5.41, 5.74) is 6.96. The van der Waals surface area contributed by atoms with Crippen LogP contribution in [-0.2, 0) is 14.8 Å². The summed E-state index contributed by atoms with van der Waals surface area (Å²) in [6.07, 6.45) is 2.78. The lowest BCUT2D eigenvalue weighted by Gasteiger charge is -2.20. The van der Waals surface area contributed by atoms with Gasteiger partial charge in [0.1, 0.15) is 0 Å². The molecule has 9 heteroatoms. The molecule has 0 aliphatic heterocycles. The standard InChI is InChI=1S/C17H28N4O3S.ClH/c1-4-19-15-9-8-13(25(23,24)21(2)3)10-16(15)20-17(22)14-7-5-6-12(14)11-18;/h8-10,12,14,19H,4-7,11,18H2,1-3H3,(H,20,22);1H/t12-,14-;/m1./s1. The second kappa shape index (κ2) is 9.55. The number of benzene rings is 1. The van der Waals surface area contributed by atoms with E-state index in [4.69, 9.17) is 5.73 Å². The number of nitrogens with two attached hydrogens (primary N) is 1. The van der Waals surface area contributed by atoms with Gasteiger partial charge in [-0.15, -0.1) is 12.4 Å². The summed E-state index contributed by atoms with van der Waals surface area (Å²) in [7, 11) is -0.602. The Labute approximate surface area is 162 Å². The molecule has 7 nitrogen and oxygen atoms in total. The second-order valence-electron chi connectivity index (χ2n) is 6.55. The third-order valence-electron chi connectivity index (χ3n) is 4.69. The molecule has 0 unspecified atom stereocenters. The molecular weight excluding hydrogens is 376 g/mol. The predicted octanol–water partition coefficient (Wildman–Crippen LogP) is 2.10. The highest BCUT2D eigenvalue weighted by molar-refractivity contribution is 7.89. The number of anilines is 2. The van der Waals surface area contributed by atoms with Crippen LogP contribution < -0.4 is 16.4 Å². The molecule has 1 amide bonds. The first kappa shape index (κ1) is 22.7. The van der Waals surface area contributed by atoms with Crippen molar-refractivity contribution in [3.63, 3.8) is 0 Å². The number of amides is 1. The summed E-state index contributed by atoms with van der Waals surface area (Å²) in [6.45, 7) is 3.10.